The van der Waals surface area contributed by atoms with E-state index >= 15 is 8.78 Å². The van der Waals surface area contributed by atoms with Crippen LogP contribution in [0.2, 0.25) is 0 Å². The first-order valence-electron chi connectivity index (χ1n) is 9.25. The molecular formula is C19H24F2N4O3. The fraction of sp³-hybridized carbons (Fsp3) is 0.474. The highest BCUT2D eigenvalue weighted by Crippen LogP contribution is 2.36. The summed E-state index contributed by atoms with van der Waals surface area (Å²) in [4.78, 5) is 25.6. The van der Waals surface area contributed by atoms with Crippen molar-refractivity contribution in [2.24, 2.45) is 0 Å². The summed E-state index contributed by atoms with van der Waals surface area (Å²) < 4.78 is 32.1. The van der Waals surface area contributed by atoms with Gasteiger partial charge in [-0.2, -0.15) is 0 Å². The molecule has 2 unspecified atom stereocenters. The number of carbonyl (C=O) groups is 1. The van der Waals surface area contributed by atoms with Gasteiger partial charge in [-0.1, -0.05) is 6.92 Å². The minimum Gasteiger partial charge on any atom is -0.477 e. The van der Waals surface area contributed by atoms with E-state index in [9.17, 15) is 14.7 Å². The molecule has 0 aliphatic carbocycles. The second-order valence-electron chi connectivity index (χ2n) is 7.36. The summed E-state index contributed by atoms with van der Waals surface area (Å²) in [5.74, 6) is -3.40. The van der Waals surface area contributed by atoms with Crippen molar-refractivity contribution in [2.45, 2.75) is 45.8 Å². The van der Waals surface area contributed by atoms with Crippen molar-refractivity contribution >= 4 is 28.2 Å². The van der Waals surface area contributed by atoms with Crippen LogP contribution in [0.4, 0.5) is 20.2 Å². The lowest BCUT2D eigenvalue weighted by Gasteiger charge is -2.38. The number of anilines is 2. The fourth-order valence-corrected chi connectivity index (χ4v) is 3.95. The van der Waals surface area contributed by atoms with Crippen molar-refractivity contribution in [1.82, 2.24) is 9.88 Å². The van der Waals surface area contributed by atoms with Crippen LogP contribution in [0.25, 0.3) is 10.9 Å². The maximum Gasteiger partial charge on any atom is 0.341 e. The molecule has 1 fully saturated rings. The Hall–Kier alpha value is -2.68. The number of piperazine rings is 1. The van der Waals surface area contributed by atoms with Crippen molar-refractivity contribution in [1.29, 1.82) is 0 Å². The summed E-state index contributed by atoms with van der Waals surface area (Å²) in [6.07, 6.45) is 1.66. The SMILES string of the molecule is CCCn1cc(C(=O)O)c(=O)c2c(N)c(F)c(N3CC(C)NC(C)C3)c(F)c21. The average Bonchev–Trinajstić information content (AvgIpc) is 2.60. The predicted molar refractivity (Wildman–Crippen MR) is 104 cm³/mol. The van der Waals surface area contributed by atoms with Crippen molar-refractivity contribution in [3.8, 4) is 0 Å². The molecule has 28 heavy (non-hydrogen) atoms. The number of carboxylic acids is 1. The molecule has 0 spiro atoms. The Morgan fingerprint density at radius 1 is 1.29 bits per heavy atom. The number of hydrogen-bond acceptors (Lipinski definition) is 5. The van der Waals surface area contributed by atoms with Gasteiger partial charge in [0.2, 0.25) is 5.43 Å². The lowest BCUT2D eigenvalue weighted by molar-refractivity contribution is 0.0694. The third kappa shape index (κ3) is 3.19. The molecule has 0 amide bonds. The number of rotatable bonds is 4. The topological polar surface area (TPSA) is 101 Å². The summed E-state index contributed by atoms with van der Waals surface area (Å²) in [6.45, 7) is 6.65. The van der Waals surface area contributed by atoms with Gasteiger partial charge in [0.05, 0.1) is 16.6 Å². The van der Waals surface area contributed by atoms with Crippen molar-refractivity contribution in [2.75, 3.05) is 23.7 Å². The molecule has 1 aromatic heterocycles. The number of halogens is 2. The van der Waals surface area contributed by atoms with E-state index in [2.05, 4.69) is 5.32 Å². The van der Waals surface area contributed by atoms with Gasteiger partial charge in [-0.15, -0.1) is 0 Å². The highest BCUT2D eigenvalue weighted by Gasteiger charge is 2.31. The molecule has 3 rings (SSSR count). The summed E-state index contributed by atoms with van der Waals surface area (Å²) in [5, 5.41) is 12.2. The first-order valence-corrected chi connectivity index (χ1v) is 9.25. The third-order valence-electron chi connectivity index (χ3n) is 4.98. The molecule has 0 radical (unpaired) electrons. The quantitative estimate of drug-likeness (QED) is 0.687. The number of nitrogen functional groups attached to an aromatic ring is 1. The molecule has 1 aromatic carbocycles. The van der Waals surface area contributed by atoms with Gasteiger partial charge >= 0.3 is 5.97 Å². The Balaban J connectivity index is 2.38. The zero-order chi connectivity index (χ0) is 20.7. The van der Waals surface area contributed by atoms with Crippen LogP contribution in [0.1, 0.15) is 37.6 Å². The Kier molecular flexibility index (Phi) is 5.29. The summed E-state index contributed by atoms with van der Waals surface area (Å²) in [5.41, 5.74) is 3.39. The van der Waals surface area contributed by atoms with Crippen molar-refractivity contribution in [3.05, 3.63) is 33.6 Å². The molecule has 0 bridgehead atoms. The van der Waals surface area contributed by atoms with E-state index in [-0.39, 0.29) is 29.8 Å². The largest absolute Gasteiger partial charge is 0.477 e. The summed E-state index contributed by atoms with van der Waals surface area (Å²) in [7, 11) is 0. The van der Waals surface area contributed by atoms with Gasteiger partial charge in [-0.05, 0) is 20.3 Å². The second kappa shape index (κ2) is 7.38. The average molecular weight is 394 g/mol. The molecule has 2 aromatic rings. The van der Waals surface area contributed by atoms with Crippen LogP contribution in [-0.2, 0) is 6.54 Å². The number of nitrogens with one attached hydrogen (secondary N) is 1. The molecule has 1 saturated heterocycles. The molecule has 1 aliphatic rings. The molecule has 9 heteroatoms. The zero-order valence-electron chi connectivity index (χ0n) is 16.1. The highest BCUT2D eigenvalue weighted by molar-refractivity contribution is 5.99. The Morgan fingerprint density at radius 2 is 1.89 bits per heavy atom. The number of nitrogens with two attached hydrogens (primary N) is 1. The van der Waals surface area contributed by atoms with Gasteiger partial charge in [0, 0.05) is 37.9 Å². The smallest absolute Gasteiger partial charge is 0.341 e. The number of nitrogens with zero attached hydrogens (tertiary/aromatic N) is 2. The molecular weight excluding hydrogens is 370 g/mol. The minimum absolute atomic E-state index is 0.00620. The van der Waals surface area contributed by atoms with E-state index in [1.807, 2.05) is 20.8 Å². The first-order chi connectivity index (χ1) is 13.2. The van der Waals surface area contributed by atoms with Gasteiger partial charge in [0.15, 0.2) is 11.6 Å². The van der Waals surface area contributed by atoms with Crippen LogP contribution < -0.4 is 21.4 Å². The van der Waals surface area contributed by atoms with Crippen molar-refractivity contribution < 1.29 is 18.7 Å². The summed E-state index contributed by atoms with van der Waals surface area (Å²) >= 11 is 0. The minimum atomic E-state index is -1.47. The van der Waals surface area contributed by atoms with Gasteiger partial charge < -0.3 is 25.6 Å². The second-order valence-corrected chi connectivity index (χ2v) is 7.36. The Bertz CT molecular complexity index is 995. The molecule has 152 valence electrons. The fourth-order valence-electron chi connectivity index (χ4n) is 3.95. The number of benzene rings is 1. The van der Waals surface area contributed by atoms with Crippen LogP contribution in [0.5, 0.6) is 0 Å². The normalized spacial score (nSPS) is 20.0. The maximum atomic E-state index is 15.6. The number of carboxylic acid groups (broad SMARTS) is 1. The summed E-state index contributed by atoms with van der Waals surface area (Å²) in [6, 6.07) is 0.0124. The van der Waals surface area contributed by atoms with E-state index < -0.39 is 39.7 Å². The Labute approximate surface area is 160 Å². The van der Waals surface area contributed by atoms with Gasteiger partial charge in [-0.3, -0.25) is 4.79 Å². The number of aromatic carboxylic acids is 1. The monoisotopic (exact) mass is 394 g/mol. The molecule has 4 N–H and O–H groups in total. The number of pyridine rings is 1. The van der Waals surface area contributed by atoms with E-state index in [0.717, 1.165) is 6.20 Å². The highest BCUT2D eigenvalue weighted by atomic mass is 19.1. The van der Waals surface area contributed by atoms with Crippen LogP contribution in [-0.4, -0.2) is 40.8 Å². The van der Waals surface area contributed by atoms with Crippen molar-refractivity contribution in [3.63, 3.8) is 0 Å². The van der Waals surface area contributed by atoms with Gasteiger partial charge in [0.1, 0.15) is 11.3 Å². The standard InChI is InChI=1S/C19H24F2N4O3/c1-4-5-24-8-11(19(27)28)18(26)12-15(22)13(20)17(14(21)16(12)24)25-6-9(2)23-10(3)7-25/h8-10,23H,4-7,22H2,1-3H3,(H,27,28). The first kappa shape index (κ1) is 20.1. The van der Waals surface area contributed by atoms with E-state index in [1.54, 1.807) is 4.90 Å². The molecule has 2 heterocycles. The van der Waals surface area contributed by atoms with E-state index in [4.69, 9.17) is 5.73 Å². The molecule has 2 atom stereocenters. The lowest BCUT2D eigenvalue weighted by atomic mass is 10.0. The zero-order valence-corrected chi connectivity index (χ0v) is 16.1. The number of fused-ring (bicyclic) bond motifs is 1. The van der Waals surface area contributed by atoms with E-state index in [1.165, 1.54) is 4.57 Å². The lowest BCUT2D eigenvalue weighted by Crippen LogP contribution is -2.54. The van der Waals surface area contributed by atoms with E-state index in [0.29, 0.717) is 19.5 Å². The van der Waals surface area contributed by atoms with Crippen LogP contribution in [0.15, 0.2) is 11.0 Å². The number of hydrogen-bond donors (Lipinski definition) is 3. The van der Waals surface area contributed by atoms with Gasteiger partial charge in [0.25, 0.3) is 0 Å². The third-order valence-corrected chi connectivity index (χ3v) is 4.98. The van der Waals surface area contributed by atoms with Gasteiger partial charge in [-0.25, -0.2) is 13.6 Å². The molecule has 7 nitrogen and oxygen atoms in total. The predicted octanol–water partition coefficient (Wildman–Crippen LogP) is 2.16. The number of aromatic nitrogens is 1. The maximum absolute atomic E-state index is 15.6. The molecule has 0 saturated carbocycles. The Morgan fingerprint density at radius 3 is 2.43 bits per heavy atom. The van der Waals surface area contributed by atoms with Crippen LogP contribution in [0, 0.1) is 11.6 Å². The van der Waals surface area contributed by atoms with Crippen LogP contribution in [0.3, 0.4) is 0 Å². The van der Waals surface area contributed by atoms with Crippen LogP contribution >= 0.6 is 0 Å². The number of aryl methyl sites for hydroxylation is 1. The molecule has 1 aliphatic heterocycles.